The van der Waals surface area contributed by atoms with Crippen LogP contribution in [0.5, 0.6) is 0 Å². The number of amides is 1. The van der Waals surface area contributed by atoms with Gasteiger partial charge in [0.05, 0.1) is 33.9 Å². The zero-order valence-corrected chi connectivity index (χ0v) is 20.4. The number of aryl methyl sites for hydroxylation is 2. The van der Waals surface area contributed by atoms with E-state index < -0.39 is 0 Å². The minimum Gasteiger partial charge on any atom is -0.399 e. The maximum absolute atomic E-state index is 12.1. The molecule has 3 heterocycles. The largest absolute Gasteiger partial charge is 0.399 e. The Morgan fingerprint density at radius 1 is 1.20 bits per heavy atom. The Labute approximate surface area is 206 Å². The molecule has 0 bridgehead atoms. The summed E-state index contributed by atoms with van der Waals surface area (Å²) in [5, 5.41) is 12.3. The van der Waals surface area contributed by atoms with Crippen LogP contribution < -0.4 is 5.32 Å². The predicted molar refractivity (Wildman–Crippen MR) is 135 cm³/mol. The third-order valence-electron chi connectivity index (χ3n) is 5.66. The first-order chi connectivity index (χ1) is 17.1. The molecule has 0 radical (unpaired) electrons. The highest BCUT2D eigenvalue weighted by molar-refractivity contribution is 7.19. The van der Waals surface area contributed by atoms with E-state index in [1.165, 1.54) is 25.6 Å². The van der Waals surface area contributed by atoms with Crippen LogP contribution in [-0.4, -0.2) is 52.7 Å². The van der Waals surface area contributed by atoms with Crippen molar-refractivity contribution < 1.29 is 14.4 Å². The number of oxime groups is 1. The van der Waals surface area contributed by atoms with Crippen LogP contribution >= 0.6 is 11.3 Å². The Morgan fingerprint density at radius 3 is 2.74 bits per heavy atom. The summed E-state index contributed by atoms with van der Waals surface area (Å²) in [5.41, 5.74) is 7.74. The van der Waals surface area contributed by atoms with E-state index in [1.807, 2.05) is 48.1 Å². The Balaban J connectivity index is 1.63. The van der Waals surface area contributed by atoms with Gasteiger partial charge < -0.3 is 9.57 Å². The van der Waals surface area contributed by atoms with Gasteiger partial charge in [0.25, 0.3) is 5.91 Å². The number of rotatable bonds is 7. The van der Waals surface area contributed by atoms with Crippen molar-refractivity contribution in [1.29, 1.82) is 0 Å². The molecular weight excluding hydrogens is 464 g/mol. The zero-order valence-electron chi connectivity index (χ0n) is 19.6. The molecule has 5 rings (SSSR count). The molecule has 1 aliphatic rings. The van der Waals surface area contributed by atoms with Gasteiger partial charge in [0, 0.05) is 30.1 Å². The first-order valence-corrected chi connectivity index (χ1v) is 11.9. The van der Waals surface area contributed by atoms with Crippen molar-refractivity contribution >= 4 is 28.6 Å². The van der Waals surface area contributed by atoms with Crippen molar-refractivity contribution in [1.82, 2.24) is 19.7 Å². The highest BCUT2D eigenvalue weighted by atomic mass is 32.1. The third-order valence-corrected chi connectivity index (χ3v) is 6.68. The Hall–Kier alpha value is -3.89. The van der Waals surface area contributed by atoms with E-state index in [-0.39, 0.29) is 12.5 Å². The number of ether oxygens (including phenoxy) is 1. The quantitative estimate of drug-likeness (QED) is 0.311. The SMILES string of the molecule is COCC(=O)Nc1nc2c(s1)-c1c(c(-c3ccc(C)nc3)nn1-c1ccc(C=NOC)cc1)CC2. The van der Waals surface area contributed by atoms with Crippen molar-refractivity contribution in [2.24, 2.45) is 5.16 Å². The van der Waals surface area contributed by atoms with Gasteiger partial charge in [0.1, 0.15) is 13.7 Å². The second-order valence-corrected chi connectivity index (χ2v) is 9.06. The van der Waals surface area contributed by atoms with Gasteiger partial charge in [-0.05, 0) is 49.6 Å². The minimum atomic E-state index is -0.230. The van der Waals surface area contributed by atoms with Crippen molar-refractivity contribution in [2.75, 3.05) is 26.1 Å². The number of hydrogen-bond acceptors (Lipinski definition) is 8. The third kappa shape index (κ3) is 4.58. The number of benzene rings is 1. The summed E-state index contributed by atoms with van der Waals surface area (Å²) in [7, 11) is 3.01. The molecule has 1 amide bonds. The van der Waals surface area contributed by atoms with Crippen LogP contribution in [0.3, 0.4) is 0 Å². The average molecular weight is 489 g/mol. The average Bonchev–Trinajstić information content (AvgIpc) is 3.45. The number of nitrogens with one attached hydrogen (secondary N) is 1. The van der Waals surface area contributed by atoms with Gasteiger partial charge in [-0.1, -0.05) is 28.6 Å². The van der Waals surface area contributed by atoms with Crippen LogP contribution in [-0.2, 0) is 27.2 Å². The van der Waals surface area contributed by atoms with Crippen molar-refractivity contribution in [3.8, 4) is 27.5 Å². The molecule has 0 spiro atoms. The maximum atomic E-state index is 12.1. The van der Waals surface area contributed by atoms with Crippen LogP contribution in [0.15, 0.2) is 47.8 Å². The normalized spacial score (nSPS) is 12.4. The summed E-state index contributed by atoms with van der Waals surface area (Å²) in [6, 6.07) is 12.0. The lowest BCUT2D eigenvalue weighted by Gasteiger charge is -2.14. The van der Waals surface area contributed by atoms with Crippen molar-refractivity contribution in [3.63, 3.8) is 0 Å². The summed E-state index contributed by atoms with van der Waals surface area (Å²) < 4.78 is 6.89. The molecule has 4 aromatic rings. The predicted octanol–water partition coefficient (Wildman–Crippen LogP) is 4.03. The highest BCUT2D eigenvalue weighted by Gasteiger charge is 2.30. The van der Waals surface area contributed by atoms with E-state index in [2.05, 4.69) is 21.5 Å². The monoisotopic (exact) mass is 488 g/mol. The molecule has 9 nitrogen and oxygen atoms in total. The number of pyridine rings is 1. The fourth-order valence-electron chi connectivity index (χ4n) is 4.05. The minimum absolute atomic E-state index is 0.0171. The molecule has 0 fully saturated rings. The van der Waals surface area contributed by atoms with Gasteiger partial charge >= 0.3 is 0 Å². The molecule has 0 aliphatic heterocycles. The van der Waals surface area contributed by atoms with E-state index in [0.29, 0.717) is 5.13 Å². The lowest BCUT2D eigenvalue weighted by molar-refractivity contribution is -0.119. The van der Waals surface area contributed by atoms with E-state index in [4.69, 9.17) is 19.7 Å². The molecule has 0 saturated carbocycles. The summed E-state index contributed by atoms with van der Waals surface area (Å²) in [6.07, 6.45) is 5.08. The van der Waals surface area contributed by atoms with Gasteiger partial charge in [-0.15, -0.1) is 0 Å². The molecular formula is C25H24N6O3S. The Kier molecular flexibility index (Phi) is 6.39. The van der Waals surface area contributed by atoms with Crippen LogP contribution in [0.2, 0.25) is 0 Å². The van der Waals surface area contributed by atoms with Gasteiger partial charge in [-0.25, -0.2) is 9.67 Å². The van der Waals surface area contributed by atoms with Gasteiger partial charge in [-0.2, -0.15) is 5.10 Å². The standard InChI is InChI=1S/C25H24N6O3S/c1-15-4-7-17(13-26-15)22-19-10-11-20-24(35-25(28-20)29-21(32)14-33-2)23(19)31(30-22)18-8-5-16(6-9-18)12-27-34-3/h4-9,12-13H,10-11,14H2,1-3H3,(H,28,29,32). The number of fused-ring (bicyclic) bond motifs is 3. The Morgan fingerprint density at radius 2 is 2.03 bits per heavy atom. The summed E-state index contributed by atoms with van der Waals surface area (Å²) in [6.45, 7) is 1.95. The number of aromatic nitrogens is 4. The molecule has 35 heavy (non-hydrogen) atoms. The molecule has 0 saturated heterocycles. The van der Waals surface area contributed by atoms with Gasteiger partial charge in [0.2, 0.25) is 0 Å². The molecule has 1 aromatic carbocycles. The number of carbonyl (C=O) groups is 1. The highest BCUT2D eigenvalue weighted by Crippen LogP contribution is 2.44. The number of carbonyl (C=O) groups excluding carboxylic acids is 1. The second-order valence-electron chi connectivity index (χ2n) is 8.06. The number of hydrogen-bond donors (Lipinski definition) is 1. The van der Waals surface area contributed by atoms with E-state index in [0.717, 1.165) is 62.9 Å². The molecule has 10 heteroatoms. The van der Waals surface area contributed by atoms with Crippen molar-refractivity contribution in [2.45, 2.75) is 19.8 Å². The molecule has 178 valence electrons. The van der Waals surface area contributed by atoms with Gasteiger partial charge in [-0.3, -0.25) is 15.1 Å². The van der Waals surface area contributed by atoms with E-state index >= 15 is 0 Å². The number of thiazole rings is 1. The lowest BCUT2D eigenvalue weighted by atomic mass is 9.95. The fourth-order valence-corrected chi connectivity index (χ4v) is 5.14. The smallest absolute Gasteiger partial charge is 0.252 e. The van der Waals surface area contributed by atoms with Crippen LogP contribution in [0, 0.1) is 6.92 Å². The number of methoxy groups -OCH3 is 1. The van der Waals surface area contributed by atoms with Gasteiger partial charge in [0.15, 0.2) is 5.13 Å². The molecule has 3 aromatic heterocycles. The molecule has 0 atom stereocenters. The van der Waals surface area contributed by atoms with Crippen molar-refractivity contribution in [3.05, 3.63) is 65.1 Å². The Bertz CT molecular complexity index is 1390. The van der Waals surface area contributed by atoms with Crippen LogP contribution in [0.4, 0.5) is 5.13 Å². The fraction of sp³-hybridized carbons (Fsp3) is 0.240. The second kappa shape index (κ2) is 9.77. The number of nitrogens with zero attached hydrogens (tertiary/aromatic N) is 5. The first-order valence-electron chi connectivity index (χ1n) is 11.1. The molecule has 1 N–H and O–H groups in total. The maximum Gasteiger partial charge on any atom is 0.252 e. The molecule has 1 aliphatic carbocycles. The number of anilines is 1. The zero-order chi connectivity index (χ0) is 24.4. The summed E-state index contributed by atoms with van der Waals surface area (Å²) in [4.78, 5) is 27.0. The van der Waals surface area contributed by atoms with Crippen LogP contribution in [0.25, 0.3) is 27.5 Å². The van der Waals surface area contributed by atoms with E-state index in [9.17, 15) is 4.79 Å². The van der Waals surface area contributed by atoms with E-state index in [1.54, 1.807) is 6.21 Å². The summed E-state index contributed by atoms with van der Waals surface area (Å²) in [5.74, 6) is -0.230. The topological polar surface area (TPSA) is 104 Å². The first kappa shape index (κ1) is 22.9. The van der Waals surface area contributed by atoms with Crippen LogP contribution in [0.1, 0.15) is 22.5 Å². The lowest BCUT2D eigenvalue weighted by Crippen LogP contribution is -2.16. The summed E-state index contributed by atoms with van der Waals surface area (Å²) >= 11 is 1.45. The molecule has 0 unspecified atom stereocenters.